The van der Waals surface area contributed by atoms with Gasteiger partial charge in [0.2, 0.25) is 0 Å². The van der Waals surface area contributed by atoms with E-state index in [-0.39, 0.29) is 10.3 Å². The molecule has 0 aliphatic heterocycles. The number of hydrogen-bond acceptors (Lipinski definition) is 4. The number of carboxylic acid groups (broad SMARTS) is 1. The van der Waals surface area contributed by atoms with E-state index >= 15 is 0 Å². The molecule has 0 fully saturated rings. The fraction of sp³-hybridized carbons (Fsp3) is 0.357. The van der Waals surface area contributed by atoms with E-state index in [4.69, 9.17) is 16.3 Å². The average Bonchev–Trinajstić information content (AvgIpc) is 2.91. The molecule has 0 aliphatic rings. The Kier molecular flexibility index (Phi) is 4.42. The molecule has 2 rings (SSSR count). The molecule has 0 aromatic carbocycles. The van der Waals surface area contributed by atoms with Gasteiger partial charge in [-0.3, -0.25) is 0 Å². The molecule has 20 heavy (non-hydrogen) atoms. The summed E-state index contributed by atoms with van der Waals surface area (Å²) in [4.78, 5) is 13.5. The lowest BCUT2D eigenvalue weighted by Crippen LogP contribution is -2.08. The lowest BCUT2D eigenvalue weighted by atomic mass is 9.95. The van der Waals surface area contributed by atoms with Crippen LogP contribution < -0.4 is 4.74 Å². The maximum atomic E-state index is 11.3. The molecule has 2 aromatic heterocycles. The van der Waals surface area contributed by atoms with Gasteiger partial charge in [-0.05, 0) is 23.6 Å². The zero-order chi connectivity index (χ0) is 14.9. The summed E-state index contributed by atoms with van der Waals surface area (Å²) in [6.07, 6.45) is 0. The molecule has 0 amide bonds. The van der Waals surface area contributed by atoms with Crippen LogP contribution >= 0.6 is 34.3 Å². The largest absolute Gasteiger partial charge is 0.486 e. The Hall–Kier alpha value is -1.04. The maximum absolute atomic E-state index is 11.3. The molecule has 3 nitrogen and oxygen atoms in total. The minimum absolute atomic E-state index is 0.0945. The Morgan fingerprint density at radius 3 is 2.55 bits per heavy atom. The van der Waals surface area contributed by atoms with Crippen LogP contribution in [0.2, 0.25) is 4.34 Å². The van der Waals surface area contributed by atoms with Crippen molar-refractivity contribution in [2.24, 2.45) is 0 Å². The van der Waals surface area contributed by atoms with Crippen molar-refractivity contribution >= 4 is 40.2 Å². The Labute approximate surface area is 130 Å². The summed E-state index contributed by atoms with van der Waals surface area (Å²) in [5, 5.41) is 9.26. The second kappa shape index (κ2) is 5.76. The normalized spacial score (nSPS) is 11.6. The maximum Gasteiger partial charge on any atom is 0.349 e. The summed E-state index contributed by atoms with van der Waals surface area (Å²) < 4.78 is 6.35. The predicted octanol–water partition coefficient (Wildman–Crippen LogP) is 5.04. The number of halogens is 1. The fourth-order valence-corrected chi connectivity index (χ4v) is 3.58. The van der Waals surface area contributed by atoms with E-state index in [1.54, 1.807) is 6.07 Å². The van der Waals surface area contributed by atoms with E-state index < -0.39 is 5.97 Å². The highest BCUT2D eigenvalue weighted by atomic mass is 35.5. The highest BCUT2D eigenvalue weighted by Crippen LogP contribution is 2.37. The number of rotatable bonds is 4. The Morgan fingerprint density at radius 2 is 2.05 bits per heavy atom. The van der Waals surface area contributed by atoms with Crippen molar-refractivity contribution in [3.05, 3.63) is 37.2 Å². The predicted molar refractivity (Wildman–Crippen MR) is 83.6 cm³/mol. The minimum atomic E-state index is -0.954. The molecule has 0 saturated heterocycles. The Morgan fingerprint density at radius 1 is 1.35 bits per heavy atom. The molecule has 0 bridgehead atoms. The lowest BCUT2D eigenvalue weighted by molar-refractivity contribution is 0.0697. The van der Waals surface area contributed by atoms with Gasteiger partial charge in [0.1, 0.15) is 12.4 Å². The van der Waals surface area contributed by atoms with Gasteiger partial charge >= 0.3 is 5.97 Å². The number of carboxylic acids is 1. The summed E-state index contributed by atoms with van der Waals surface area (Å²) >= 11 is 8.56. The van der Waals surface area contributed by atoms with Crippen LogP contribution in [0.5, 0.6) is 5.75 Å². The second-order valence-electron chi connectivity index (χ2n) is 5.35. The number of thiophene rings is 2. The van der Waals surface area contributed by atoms with Crippen molar-refractivity contribution < 1.29 is 14.6 Å². The molecule has 2 heterocycles. The van der Waals surface area contributed by atoms with Crippen LogP contribution in [-0.4, -0.2) is 11.1 Å². The second-order valence-corrected chi connectivity index (χ2v) is 8.21. The van der Waals surface area contributed by atoms with Crippen LogP contribution in [0.3, 0.4) is 0 Å². The van der Waals surface area contributed by atoms with E-state index in [2.05, 4.69) is 0 Å². The molecular weight excluding hydrogens is 316 g/mol. The topological polar surface area (TPSA) is 46.5 Å². The number of aromatic carboxylic acids is 1. The van der Waals surface area contributed by atoms with Crippen molar-refractivity contribution in [2.75, 3.05) is 0 Å². The fourth-order valence-electron chi connectivity index (χ4n) is 1.58. The van der Waals surface area contributed by atoms with E-state index in [9.17, 15) is 9.90 Å². The molecule has 0 saturated carbocycles. The highest BCUT2D eigenvalue weighted by Gasteiger charge is 2.23. The first kappa shape index (κ1) is 15.4. The van der Waals surface area contributed by atoms with Crippen molar-refractivity contribution in [3.63, 3.8) is 0 Å². The molecule has 0 atom stereocenters. The summed E-state index contributed by atoms with van der Waals surface area (Å²) in [7, 11) is 0. The van der Waals surface area contributed by atoms with Gasteiger partial charge in [0.25, 0.3) is 0 Å². The van der Waals surface area contributed by atoms with Crippen LogP contribution in [0, 0.1) is 0 Å². The monoisotopic (exact) mass is 330 g/mol. The zero-order valence-corrected chi connectivity index (χ0v) is 13.8. The number of carbonyl (C=O) groups is 1. The average molecular weight is 331 g/mol. The molecule has 0 spiro atoms. The van der Waals surface area contributed by atoms with Crippen LogP contribution in [0.15, 0.2) is 18.2 Å². The van der Waals surface area contributed by atoms with Crippen molar-refractivity contribution in [1.82, 2.24) is 0 Å². The molecule has 0 aliphatic carbocycles. The van der Waals surface area contributed by atoms with Gasteiger partial charge in [-0.1, -0.05) is 32.4 Å². The number of hydrogen-bond donors (Lipinski definition) is 1. The quantitative estimate of drug-likeness (QED) is 0.854. The van der Waals surface area contributed by atoms with Crippen LogP contribution in [0.25, 0.3) is 0 Å². The molecule has 108 valence electrons. The van der Waals surface area contributed by atoms with Gasteiger partial charge in [0, 0.05) is 9.75 Å². The van der Waals surface area contributed by atoms with Crippen molar-refractivity contribution in [1.29, 1.82) is 0 Å². The summed E-state index contributed by atoms with van der Waals surface area (Å²) in [6.45, 7) is 6.48. The molecular formula is C14H15ClO3S2. The van der Waals surface area contributed by atoms with E-state index in [1.165, 1.54) is 22.7 Å². The molecule has 1 N–H and O–H groups in total. The Balaban J connectivity index is 2.21. The van der Waals surface area contributed by atoms with Gasteiger partial charge in [-0.15, -0.1) is 22.7 Å². The lowest BCUT2D eigenvalue weighted by Gasteiger charge is -2.14. The van der Waals surface area contributed by atoms with Gasteiger partial charge in [-0.2, -0.15) is 0 Å². The molecule has 0 radical (unpaired) electrons. The smallest absolute Gasteiger partial charge is 0.349 e. The summed E-state index contributed by atoms with van der Waals surface area (Å²) in [6, 6.07) is 5.50. The first-order valence-electron chi connectivity index (χ1n) is 6.02. The third-order valence-corrected chi connectivity index (χ3v) is 5.36. The summed E-state index contributed by atoms with van der Waals surface area (Å²) in [5.74, 6) is -0.526. The third-order valence-electron chi connectivity index (χ3n) is 2.63. The van der Waals surface area contributed by atoms with Gasteiger partial charge in [-0.25, -0.2) is 4.79 Å². The van der Waals surface area contributed by atoms with Gasteiger partial charge in [0.15, 0.2) is 4.88 Å². The third kappa shape index (κ3) is 3.53. The van der Waals surface area contributed by atoms with Crippen molar-refractivity contribution in [2.45, 2.75) is 32.8 Å². The molecule has 0 unspecified atom stereocenters. The van der Waals surface area contributed by atoms with Crippen LogP contribution in [-0.2, 0) is 12.0 Å². The summed E-state index contributed by atoms with van der Waals surface area (Å²) in [5.41, 5.74) is -0.0945. The van der Waals surface area contributed by atoms with Gasteiger partial charge < -0.3 is 9.84 Å². The standard InChI is InChI=1S/C14H15ClO3S2/c1-14(2,3)10-6-9(12(20-10)13(16)17)18-7-8-4-5-11(15)19-8/h4-6H,7H2,1-3H3,(H,16,17). The molecule has 2 aromatic rings. The zero-order valence-electron chi connectivity index (χ0n) is 11.4. The van der Waals surface area contributed by atoms with Crippen LogP contribution in [0.1, 0.15) is 40.2 Å². The first-order chi connectivity index (χ1) is 9.27. The number of ether oxygens (including phenoxy) is 1. The van der Waals surface area contributed by atoms with E-state index in [0.717, 1.165) is 9.75 Å². The minimum Gasteiger partial charge on any atom is -0.486 e. The van der Waals surface area contributed by atoms with E-state index in [0.29, 0.717) is 16.7 Å². The van der Waals surface area contributed by atoms with Crippen molar-refractivity contribution in [3.8, 4) is 5.75 Å². The first-order valence-corrected chi connectivity index (χ1v) is 8.03. The highest BCUT2D eigenvalue weighted by molar-refractivity contribution is 7.16. The Bertz CT molecular complexity index is 623. The molecule has 6 heteroatoms. The SMILES string of the molecule is CC(C)(C)c1cc(OCc2ccc(Cl)s2)c(C(=O)O)s1. The van der Waals surface area contributed by atoms with E-state index in [1.807, 2.05) is 32.9 Å². The van der Waals surface area contributed by atoms with Gasteiger partial charge in [0.05, 0.1) is 4.34 Å². The van der Waals surface area contributed by atoms with Crippen LogP contribution in [0.4, 0.5) is 0 Å².